The number of hydrogen-bond acceptors (Lipinski definition) is 2. The molecule has 1 atom stereocenters. The molecule has 1 aromatic rings. The van der Waals surface area contributed by atoms with E-state index < -0.39 is 11.7 Å². The molecule has 112 valence electrons. The Kier molecular flexibility index (Phi) is 4.58. The Morgan fingerprint density at radius 2 is 2.10 bits per heavy atom. The summed E-state index contributed by atoms with van der Waals surface area (Å²) in [5, 5.41) is 3.43. The van der Waals surface area contributed by atoms with Crippen molar-refractivity contribution in [3.8, 4) is 0 Å². The van der Waals surface area contributed by atoms with Crippen LogP contribution in [0.4, 0.5) is 18.9 Å². The zero-order valence-corrected chi connectivity index (χ0v) is 11.9. The van der Waals surface area contributed by atoms with E-state index in [-0.39, 0.29) is 0 Å². The number of rotatable bonds is 2. The van der Waals surface area contributed by atoms with E-state index in [1.54, 1.807) is 6.07 Å². The first-order valence-corrected chi connectivity index (χ1v) is 7.08. The van der Waals surface area contributed by atoms with Crippen LogP contribution in [-0.4, -0.2) is 25.7 Å². The number of anilines is 1. The third kappa shape index (κ3) is 3.45. The van der Waals surface area contributed by atoms with E-state index in [0.717, 1.165) is 44.1 Å². The number of nitrogens with zero attached hydrogens (tertiary/aromatic N) is 1. The van der Waals surface area contributed by atoms with Gasteiger partial charge in [0.15, 0.2) is 0 Å². The van der Waals surface area contributed by atoms with Crippen LogP contribution >= 0.6 is 0 Å². The molecule has 2 nitrogen and oxygen atoms in total. The van der Waals surface area contributed by atoms with E-state index in [0.29, 0.717) is 11.7 Å². The van der Waals surface area contributed by atoms with Gasteiger partial charge in [-0.3, -0.25) is 0 Å². The van der Waals surface area contributed by atoms with Crippen LogP contribution in [0.25, 0.3) is 0 Å². The smallest absolute Gasteiger partial charge is 0.370 e. The average molecular weight is 286 g/mol. The SMILES string of the molecule is CCC1CN(c2cc(C(F)(F)F)ccc2C)CCCN1. The summed E-state index contributed by atoms with van der Waals surface area (Å²) in [7, 11) is 0. The molecule has 5 heteroatoms. The Morgan fingerprint density at radius 1 is 1.35 bits per heavy atom. The van der Waals surface area contributed by atoms with Gasteiger partial charge in [0.25, 0.3) is 0 Å². The summed E-state index contributed by atoms with van der Waals surface area (Å²) in [4.78, 5) is 2.08. The Bertz CT molecular complexity index is 457. The van der Waals surface area contributed by atoms with Crippen LogP contribution in [0.5, 0.6) is 0 Å². The molecule has 1 aliphatic rings. The number of halogens is 3. The van der Waals surface area contributed by atoms with Crippen molar-refractivity contribution in [3.05, 3.63) is 29.3 Å². The predicted molar refractivity (Wildman–Crippen MR) is 75.1 cm³/mol. The highest BCUT2D eigenvalue weighted by Gasteiger charge is 2.31. The fourth-order valence-electron chi connectivity index (χ4n) is 2.62. The summed E-state index contributed by atoms with van der Waals surface area (Å²) in [6.45, 7) is 6.45. The molecular formula is C15H21F3N2. The molecule has 1 heterocycles. The maximum absolute atomic E-state index is 12.9. The van der Waals surface area contributed by atoms with Gasteiger partial charge in [-0.2, -0.15) is 13.2 Å². The van der Waals surface area contributed by atoms with Crippen molar-refractivity contribution in [1.29, 1.82) is 0 Å². The van der Waals surface area contributed by atoms with Crippen LogP contribution in [0.3, 0.4) is 0 Å². The molecule has 1 aromatic carbocycles. The van der Waals surface area contributed by atoms with Crippen molar-refractivity contribution in [2.75, 3.05) is 24.5 Å². The van der Waals surface area contributed by atoms with E-state index in [4.69, 9.17) is 0 Å². The summed E-state index contributed by atoms with van der Waals surface area (Å²) in [5.74, 6) is 0. The van der Waals surface area contributed by atoms with E-state index >= 15 is 0 Å². The predicted octanol–water partition coefficient (Wildman–Crippen LogP) is 3.59. The van der Waals surface area contributed by atoms with E-state index in [1.807, 2.05) is 6.92 Å². The Balaban J connectivity index is 2.30. The first kappa shape index (κ1) is 15.2. The van der Waals surface area contributed by atoms with Crippen molar-refractivity contribution in [2.45, 2.75) is 38.9 Å². The van der Waals surface area contributed by atoms with Crippen molar-refractivity contribution in [2.24, 2.45) is 0 Å². The normalized spacial score (nSPS) is 20.9. The standard InChI is InChI=1S/C15H21F3N2/c1-3-13-10-20(8-4-7-19-13)14-9-12(15(16,17)18)6-5-11(14)2/h5-6,9,13,19H,3-4,7-8,10H2,1-2H3. The summed E-state index contributed by atoms with van der Waals surface area (Å²) >= 11 is 0. The van der Waals surface area contributed by atoms with Crippen molar-refractivity contribution in [1.82, 2.24) is 5.32 Å². The number of hydrogen-bond donors (Lipinski definition) is 1. The molecule has 0 spiro atoms. The minimum atomic E-state index is -4.28. The van der Waals surface area contributed by atoms with Gasteiger partial charge in [0.05, 0.1) is 5.56 Å². The second kappa shape index (κ2) is 6.04. The van der Waals surface area contributed by atoms with Crippen LogP contribution in [0.15, 0.2) is 18.2 Å². The van der Waals surface area contributed by atoms with E-state index in [9.17, 15) is 13.2 Å². The van der Waals surface area contributed by atoms with E-state index in [2.05, 4.69) is 17.1 Å². The molecule has 0 aromatic heterocycles. The lowest BCUT2D eigenvalue weighted by Crippen LogP contribution is -2.37. The molecule has 1 fully saturated rings. The highest BCUT2D eigenvalue weighted by Crippen LogP contribution is 2.33. The van der Waals surface area contributed by atoms with Gasteiger partial charge in [0.1, 0.15) is 0 Å². The number of aryl methyl sites for hydroxylation is 1. The van der Waals surface area contributed by atoms with Gasteiger partial charge in [-0.05, 0) is 44.0 Å². The van der Waals surface area contributed by atoms with Gasteiger partial charge in [0, 0.05) is 24.8 Å². The second-order valence-corrected chi connectivity index (χ2v) is 5.36. The number of nitrogens with one attached hydrogen (secondary N) is 1. The van der Waals surface area contributed by atoms with Crippen LogP contribution in [0, 0.1) is 6.92 Å². The lowest BCUT2D eigenvalue weighted by molar-refractivity contribution is -0.137. The van der Waals surface area contributed by atoms with Gasteiger partial charge in [-0.1, -0.05) is 13.0 Å². The third-order valence-electron chi connectivity index (χ3n) is 3.85. The molecule has 0 bridgehead atoms. The molecule has 1 N–H and O–H groups in total. The van der Waals surface area contributed by atoms with Crippen molar-refractivity contribution >= 4 is 5.69 Å². The van der Waals surface area contributed by atoms with Gasteiger partial charge in [-0.25, -0.2) is 0 Å². The molecule has 0 aliphatic carbocycles. The van der Waals surface area contributed by atoms with E-state index in [1.165, 1.54) is 6.07 Å². The third-order valence-corrected chi connectivity index (χ3v) is 3.85. The van der Waals surface area contributed by atoms with Crippen LogP contribution in [-0.2, 0) is 6.18 Å². The quantitative estimate of drug-likeness (QED) is 0.893. The van der Waals surface area contributed by atoms with Crippen LogP contribution in [0.2, 0.25) is 0 Å². The monoisotopic (exact) mass is 286 g/mol. The van der Waals surface area contributed by atoms with Crippen LogP contribution < -0.4 is 10.2 Å². The molecule has 0 radical (unpaired) electrons. The summed E-state index contributed by atoms with van der Waals surface area (Å²) in [6.07, 6.45) is -2.35. The van der Waals surface area contributed by atoms with Crippen LogP contribution in [0.1, 0.15) is 30.9 Å². The maximum Gasteiger partial charge on any atom is 0.416 e. The van der Waals surface area contributed by atoms with Gasteiger partial charge in [0.2, 0.25) is 0 Å². The molecular weight excluding hydrogens is 265 g/mol. The number of alkyl halides is 3. The molecule has 0 amide bonds. The van der Waals surface area contributed by atoms with Gasteiger partial charge < -0.3 is 10.2 Å². The lowest BCUT2D eigenvalue weighted by atomic mass is 10.1. The molecule has 1 saturated heterocycles. The molecule has 20 heavy (non-hydrogen) atoms. The first-order chi connectivity index (χ1) is 9.41. The Labute approximate surface area is 118 Å². The minimum absolute atomic E-state index is 0.339. The topological polar surface area (TPSA) is 15.3 Å². The lowest BCUT2D eigenvalue weighted by Gasteiger charge is -2.28. The van der Waals surface area contributed by atoms with Crippen molar-refractivity contribution < 1.29 is 13.2 Å². The number of benzene rings is 1. The maximum atomic E-state index is 12.9. The average Bonchev–Trinajstić information content (AvgIpc) is 2.63. The Morgan fingerprint density at radius 3 is 2.75 bits per heavy atom. The second-order valence-electron chi connectivity index (χ2n) is 5.36. The zero-order valence-electron chi connectivity index (χ0n) is 11.9. The zero-order chi connectivity index (χ0) is 14.8. The summed E-state index contributed by atoms with van der Waals surface area (Å²) in [5.41, 5.74) is 1.04. The highest BCUT2D eigenvalue weighted by atomic mass is 19.4. The van der Waals surface area contributed by atoms with Crippen molar-refractivity contribution in [3.63, 3.8) is 0 Å². The van der Waals surface area contributed by atoms with Gasteiger partial charge >= 0.3 is 6.18 Å². The minimum Gasteiger partial charge on any atom is -0.370 e. The molecule has 1 unspecified atom stereocenters. The molecule has 2 rings (SSSR count). The first-order valence-electron chi connectivity index (χ1n) is 7.08. The highest BCUT2D eigenvalue weighted by molar-refractivity contribution is 5.55. The molecule has 0 saturated carbocycles. The summed E-state index contributed by atoms with van der Waals surface area (Å²) < 4.78 is 38.6. The fraction of sp³-hybridized carbons (Fsp3) is 0.600. The molecule has 1 aliphatic heterocycles. The summed E-state index contributed by atoms with van der Waals surface area (Å²) in [6, 6.07) is 4.35. The largest absolute Gasteiger partial charge is 0.416 e. The Hall–Kier alpha value is -1.23. The van der Waals surface area contributed by atoms with Gasteiger partial charge in [-0.15, -0.1) is 0 Å². The fourth-order valence-corrected chi connectivity index (χ4v) is 2.62.